The number of aryl methyl sites for hydroxylation is 1. The summed E-state index contributed by atoms with van der Waals surface area (Å²) in [6, 6.07) is 13.7. The van der Waals surface area contributed by atoms with Crippen LogP contribution in [0.2, 0.25) is 5.02 Å². The molecule has 0 heterocycles. The number of nitrogens with zero attached hydrogens (tertiary/aromatic N) is 1. The fraction of sp³-hybridized carbons (Fsp3) is 0.176. The Kier molecular flexibility index (Phi) is 5.03. The second-order valence-electron chi connectivity index (χ2n) is 4.75. The maximum atomic E-state index is 12.0. The molecule has 1 unspecified atom stereocenters. The van der Waals surface area contributed by atoms with E-state index in [9.17, 15) is 4.79 Å². The Bertz CT molecular complexity index is 720. The molecule has 0 amide bonds. The number of carbonyl (C=O) groups is 1. The standard InChI is InChI=1S/C17H14ClNO3/c1-11-3-8-15(18)16(9-11)22-17(20)12(2)21-14-6-4-13(10-19)5-7-14/h3-9,12H,1-2H3. The molecule has 4 nitrogen and oxygen atoms in total. The van der Waals surface area contributed by atoms with Crippen molar-refractivity contribution in [3.05, 3.63) is 58.6 Å². The van der Waals surface area contributed by atoms with E-state index < -0.39 is 12.1 Å². The van der Waals surface area contributed by atoms with E-state index in [0.717, 1.165) is 5.56 Å². The number of benzene rings is 2. The zero-order valence-corrected chi connectivity index (χ0v) is 12.9. The van der Waals surface area contributed by atoms with Gasteiger partial charge in [0, 0.05) is 0 Å². The zero-order valence-electron chi connectivity index (χ0n) is 12.2. The molecule has 0 spiro atoms. The summed E-state index contributed by atoms with van der Waals surface area (Å²) in [5.74, 6) is 0.248. The van der Waals surface area contributed by atoms with Crippen LogP contribution in [0.3, 0.4) is 0 Å². The molecule has 0 saturated carbocycles. The normalized spacial score (nSPS) is 11.4. The van der Waals surface area contributed by atoms with Crippen molar-refractivity contribution >= 4 is 17.6 Å². The molecule has 0 radical (unpaired) electrons. The van der Waals surface area contributed by atoms with Gasteiger partial charge in [0.05, 0.1) is 16.7 Å². The molecule has 0 fully saturated rings. The highest BCUT2D eigenvalue weighted by molar-refractivity contribution is 6.32. The van der Waals surface area contributed by atoms with Crippen molar-refractivity contribution in [2.45, 2.75) is 20.0 Å². The predicted octanol–water partition coefficient (Wildman–Crippen LogP) is 3.89. The summed E-state index contributed by atoms with van der Waals surface area (Å²) in [5.41, 5.74) is 1.46. The molecule has 0 aliphatic rings. The van der Waals surface area contributed by atoms with Crippen molar-refractivity contribution in [2.24, 2.45) is 0 Å². The molecule has 2 aromatic carbocycles. The monoisotopic (exact) mass is 315 g/mol. The minimum Gasteiger partial charge on any atom is -0.479 e. The smallest absolute Gasteiger partial charge is 0.352 e. The van der Waals surface area contributed by atoms with E-state index in [1.54, 1.807) is 43.3 Å². The molecule has 0 bridgehead atoms. The van der Waals surface area contributed by atoms with E-state index in [1.807, 2.05) is 19.1 Å². The molecular formula is C17H14ClNO3. The average Bonchev–Trinajstić information content (AvgIpc) is 2.51. The van der Waals surface area contributed by atoms with E-state index in [1.165, 1.54) is 0 Å². The summed E-state index contributed by atoms with van der Waals surface area (Å²) in [4.78, 5) is 12.0. The first-order valence-corrected chi connectivity index (χ1v) is 7.02. The molecule has 0 aliphatic carbocycles. The molecular weight excluding hydrogens is 302 g/mol. The van der Waals surface area contributed by atoms with E-state index >= 15 is 0 Å². The Balaban J connectivity index is 2.02. The maximum Gasteiger partial charge on any atom is 0.352 e. The van der Waals surface area contributed by atoms with Gasteiger partial charge >= 0.3 is 5.97 Å². The average molecular weight is 316 g/mol. The van der Waals surface area contributed by atoms with Crippen LogP contribution in [0.4, 0.5) is 0 Å². The van der Waals surface area contributed by atoms with Gasteiger partial charge in [-0.3, -0.25) is 0 Å². The largest absolute Gasteiger partial charge is 0.479 e. The summed E-state index contributed by atoms with van der Waals surface area (Å²) in [6.45, 7) is 3.47. The topological polar surface area (TPSA) is 59.3 Å². The Morgan fingerprint density at radius 1 is 1.23 bits per heavy atom. The Hall–Kier alpha value is -2.51. The highest BCUT2D eigenvalue weighted by atomic mass is 35.5. The summed E-state index contributed by atoms with van der Waals surface area (Å²) < 4.78 is 10.7. The summed E-state index contributed by atoms with van der Waals surface area (Å²) in [6.07, 6.45) is -0.801. The van der Waals surface area contributed by atoms with Gasteiger partial charge in [-0.25, -0.2) is 4.79 Å². The molecule has 2 rings (SSSR count). The van der Waals surface area contributed by atoms with Crippen molar-refractivity contribution in [1.82, 2.24) is 0 Å². The zero-order chi connectivity index (χ0) is 16.1. The number of hydrogen-bond donors (Lipinski definition) is 0. The molecule has 22 heavy (non-hydrogen) atoms. The van der Waals surface area contributed by atoms with E-state index in [-0.39, 0.29) is 0 Å². The Labute approximate surface area is 133 Å². The molecule has 0 saturated heterocycles. The second-order valence-corrected chi connectivity index (χ2v) is 5.16. The lowest BCUT2D eigenvalue weighted by Crippen LogP contribution is -2.28. The summed E-state index contributed by atoms with van der Waals surface area (Å²) in [7, 11) is 0. The van der Waals surface area contributed by atoms with Gasteiger partial charge in [0.2, 0.25) is 0 Å². The molecule has 1 atom stereocenters. The number of halogens is 1. The van der Waals surface area contributed by atoms with Crippen LogP contribution in [0.15, 0.2) is 42.5 Å². The maximum absolute atomic E-state index is 12.0. The third-order valence-corrected chi connectivity index (χ3v) is 3.24. The fourth-order valence-electron chi connectivity index (χ4n) is 1.74. The van der Waals surface area contributed by atoms with Gasteiger partial charge in [-0.2, -0.15) is 5.26 Å². The van der Waals surface area contributed by atoms with Crippen LogP contribution in [-0.2, 0) is 4.79 Å². The Morgan fingerprint density at radius 3 is 2.55 bits per heavy atom. The van der Waals surface area contributed by atoms with Gasteiger partial charge in [-0.05, 0) is 55.8 Å². The molecule has 5 heteroatoms. The molecule has 0 N–H and O–H groups in total. The van der Waals surface area contributed by atoms with Gasteiger partial charge < -0.3 is 9.47 Å². The molecule has 112 valence electrons. The van der Waals surface area contributed by atoms with Gasteiger partial charge in [0.25, 0.3) is 0 Å². The van der Waals surface area contributed by atoms with Gasteiger partial charge in [-0.15, -0.1) is 0 Å². The highest BCUT2D eigenvalue weighted by Crippen LogP contribution is 2.26. The van der Waals surface area contributed by atoms with Crippen LogP contribution in [0.5, 0.6) is 11.5 Å². The van der Waals surface area contributed by atoms with Crippen molar-refractivity contribution in [1.29, 1.82) is 5.26 Å². The predicted molar refractivity (Wildman–Crippen MR) is 83.1 cm³/mol. The number of nitriles is 1. The number of hydrogen-bond acceptors (Lipinski definition) is 4. The highest BCUT2D eigenvalue weighted by Gasteiger charge is 2.18. The molecule has 0 aliphatic heterocycles. The first kappa shape index (κ1) is 15.9. The van der Waals surface area contributed by atoms with Gasteiger partial charge in [0.15, 0.2) is 6.10 Å². The number of rotatable bonds is 4. The van der Waals surface area contributed by atoms with Crippen LogP contribution >= 0.6 is 11.6 Å². The lowest BCUT2D eigenvalue weighted by Gasteiger charge is -2.14. The Morgan fingerprint density at radius 2 is 1.91 bits per heavy atom. The van der Waals surface area contributed by atoms with Crippen molar-refractivity contribution < 1.29 is 14.3 Å². The van der Waals surface area contributed by atoms with E-state index in [2.05, 4.69) is 0 Å². The minimum absolute atomic E-state index is 0.307. The quantitative estimate of drug-likeness (QED) is 0.634. The second kappa shape index (κ2) is 6.97. The summed E-state index contributed by atoms with van der Waals surface area (Å²) in [5, 5.41) is 9.10. The van der Waals surface area contributed by atoms with Crippen LogP contribution in [0.25, 0.3) is 0 Å². The molecule has 2 aromatic rings. The van der Waals surface area contributed by atoms with Crippen molar-refractivity contribution in [3.63, 3.8) is 0 Å². The number of esters is 1. The first-order chi connectivity index (χ1) is 10.5. The number of carbonyl (C=O) groups excluding carboxylic acids is 1. The summed E-state index contributed by atoms with van der Waals surface area (Å²) >= 11 is 5.99. The SMILES string of the molecule is Cc1ccc(Cl)c(OC(=O)C(C)Oc2ccc(C#N)cc2)c1. The van der Waals surface area contributed by atoms with Crippen molar-refractivity contribution in [3.8, 4) is 17.6 Å². The lowest BCUT2D eigenvalue weighted by atomic mass is 10.2. The van der Waals surface area contributed by atoms with Crippen molar-refractivity contribution in [2.75, 3.05) is 0 Å². The minimum atomic E-state index is -0.801. The first-order valence-electron chi connectivity index (χ1n) is 6.64. The number of ether oxygens (including phenoxy) is 2. The fourth-order valence-corrected chi connectivity index (χ4v) is 1.90. The van der Waals surface area contributed by atoms with Gasteiger partial charge in [0.1, 0.15) is 11.5 Å². The van der Waals surface area contributed by atoms with Gasteiger partial charge in [-0.1, -0.05) is 17.7 Å². The van der Waals surface area contributed by atoms with E-state index in [4.69, 9.17) is 26.3 Å². The lowest BCUT2D eigenvalue weighted by molar-refractivity contribution is -0.141. The van der Waals surface area contributed by atoms with Crippen LogP contribution in [0.1, 0.15) is 18.1 Å². The van der Waals surface area contributed by atoms with Crippen LogP contribution < -0.4 is 9.47 Å². The van der Waals surface area contributed by atoms with E-state index in [0.29, 0.717) is 22.1 Å². The van der Waals surface area contributed by atoms with Crippen LogP contribution in [0, 0.1) is 18.3 Å². The third-order valence-electron chi connectivity index (χ3n) is 2.93. The third kappa shape index (κ3) is 4.00. The molecule has 0 aromatic heterocycles. The van der Waals surface area contributed by atoms with Crippen LogP contribution in [-0.4, -0.2) is 12.1 Å².